The molecule has 1 unspecified atom stereocenters. The summed E-state index contributed by atoms with van der Waals surface area (Å²) in [5, 5.41) is 20.1. The minimum Gasteiger partial charge on any atom is -0.444 e. The van der Waals surface area contributed by atoms with Crippen molar-refractivity contribution in [2.75, 3.05) is 4.90 Å². The Balaban J connectivity index is 1.54. The van der Waals surface area contributed by atoms with E-state index in [1.165, 1.54) is 0 Å². The van der Waals surface area contributed by atoms with Gasteiger partial charge >= 0.3 is 6.09 Å². The Hall–Kier alpha value is -2.41. The van der Waals surface area contributed by atoms with Crippen molar-refractivity contribution >= 4 is 39.0 Å². The number of aromatic nitrogens is 4. The van der Waals surface area contributed by atoms with Crippen LogP contribution in [0.3, 0.4) is 0 Å². The number of halogens is 1. The Kier molecular flexibility index (Phi) is 4.65. The van der Waals surface area contributed by atoms with Crippen LogP contribution in [0.1, 0.15) is 52.1 Å². The van der Waals surface area contributed by atoms with Crippen molar-refractivity contribution in [1.82, 2.24) is 25.5 Å². The lowest BCUT2D eigenvalue weighted by atomic mass is 9.98. The van der Waals surface area contributed by atoms with Gasteiger partial charge in [0.2, 0.25) is 5.95 Å². The molecule has 2 N–H and O–H groups in total. The van der Waals surface area contributed by atoms with Crippen molar-refractivity contribution in [1.29, 1.82) is 5.26 Å². The number of carbonyl (C=O) groups is 1. The Labute approximate surface area is 171 Å². The normalized spacial score (nSPS) is 24.2. The maximum atomic E-state index is 12.1. The lowest BCUT2D eigenvalue weighted by molar-refractivity contribution is 0.0492. The van der Waals surface area contributed by atoms with Gasteiger partial charge in [-0.2, -0.15) is 15.3 Å². The van der Waals surface area contributed by atoms with Gasteiger partial charge in [0.05, 0.1) is 5.39 Å². The molecule has 2 aromatic heterocycles. The molecular formula is C18H22BrN7O2. The average Bonchev–Trinajstić information content (AvgIpc) is 3.10. The number of nitrogens with zero attached hydrogens (tertiary/aromatic N) is 5. The first-order valence-corrected chi connectivity index (χ1v) is 10.1. The second-order valence-corrected chi connectivity index (χ2v) is 9.12. The minimum absolute atomic E-state index is 0.0577. The van der Waals surface area contributed by atoms with Crippen LogP contribution in [0.5, 0.6) is 0 Å². The standard InChI is InChI=1S/C18H22BrN7O2/c1-18(2,3)28-17(27)21-9-6-10-4-5-11(7-9)26(10)16-22-12(8-20)13-14(19)24-25-15(13)23-16/h9-11H,4-7H2,1-3H3,(H,21,27)(H,22,23,24,25)/t9?,10-,11+. The topological polar surface area (TPSA) is 120 Å². The summed E-state index contributed by atoms with van der Waals surface area (Å²) >= 11 is 3.35. The summed E-state index contributed by atoms with van der Waals surface area (Å²) < 4.78 is 5.99. The highest BCUT2D eigenvalue weighted by molar-refractivity contribution is 9.10. The number of alkyl carbamates (subject to hydrolysis) is 1. The van der Waals surface area contributed by atoms with Crippen molar-refractivity contribution < 1.29 is 9.53 Å². The molecule has 10 heteroatoms. The third-order valence-electron chi connectivity index (χ3n) is 5.15. The zero-order valence-corrected chi connectivity index (χ0v) is 17.6. The zero-order valence-electron chi connectivity index (χ0n) is 16.0. The van der Waals surface area contributed by atoms with E-state index in [-0.39, 0.29) is 24.2 Å². The third kappa shape index (κ3) is 3.51. The molecule has 3 atom stereocenters. The molecule has 0 saturated carbocycles. The number of nitrogens with one attached hydrogen (secondary N) is 2. The molecular weight excluding hydrogens is 426 g/mol. The van der Waals surface area contributed by atoms with Crippen LogP contribution in [-0.2, 0) is 4.74 Å². The number of H-pyrrole nitrogens is 1. The van der Waals surface area contributed by atoms with E-state index < -0.39 is 5.60 Å². The molecule has 2 bridgehead atoms. The molecule has 2 aliphatic rings. The third-order valence-corrected chi connectivity index (χ3v) is 5.72. The molecule has 2 fully saturated rings. The van der Waals surface area contributed by atoms with E-state index in [0.29, 0.717) is 27.3 Å². The maximum Gasteiger partial charge on any atom is 0.407 e. The number of piperidine rings is 1. The molecule has 0 spiro atoms. The Morgan fingerprint density at radius 2 is 2.00 bits per heavy atom. The SMILES string of the molecule is CC(C)(C)OC(=O)NC1C[C@H]2CC[C@@H](C1)N2c1nc(C#N)c2c(Br)[nH]nc2n1. The van der Waals surface area contributed by atoms with E-state index in [2.05, 4.69) is 52.4 Å². The van der Waals surface area contributed by atoms with Crippen LogP contribution in [-0.4, -0.2) is 50.0 Å². The smallest absolute Gasteiger partial charge is 0.407 e. The molecule has 2 aliphatic heterocycles. The fourth-order valence-electron chi connectivity index (χ4n) is 4.17. The average molecular weight is 448 g/mol. The number of ether oxygens (including phenoxy) is 1. The maximum absolute atomic E-state index is 12.1. The van der Waals surface area contributed by atoms with Crippen LogP contribution in [0.15, 0.2) is 4.60 Å². The zero-order chi connectivity index (χ0) is 20.1. The summed E-state index contributed by atoms with van der Waals surface area (Å²) in [5.41, 5.74) is 0.259. The summed E-state index contributed by atoms with van der Waals surface area (Å²) in [6, 6.07) is 2.63. The van der Waals surface area contributed by atoms with E-state index in [1.807, 2.05) is 20.8 Å². The van der Waals surface area contributed by atoms with Gasteiger partial charge in [0.1, 0.15) is 16.3 Å². The fourth-order valence-corrected chi connectivity index (χ4v) is 4.62. The second kappa shape index (κ2) is 6.88. The van der Waals surface area contributed by atoms with E-state index >= 15 is 0 Å². The number of nitriles is 1. The highest BCUT2D eigenvalue weighted by Crippen LogP contribution is 2.39. The monoisotopic (exact) mass is 447 g/mol. The summed E-state index contributed by atoms with van der Waals surface area (Å²) in [7, 11) is 0. The van der Waals surface area contributed by atoms with Gasteiger partial charge in [-0.15, -0.1) is 0 Å². The number of anilines is 1. The first-order valence-electron chi connectivity index (χ1n) is 9.34. The van der Waals surface area contributed by atoms with Gasteiger partial charge in [-0.1, -0.05) is 0 Å². The van der Waals surface area contributed by atoms with Gasteiger partial charge in [-0.25, -0.2) is 9.78 Å². The van der Waals surface area contributed by atoms with Gasteiger partial charge < -0.3 is 15.0 Å². The number of hydrogen-bond acceptors (Lipinski definition) is 7. The molecule has 148 valence electrons. The highest BCUT2D eigenvalue weighted by atomic mass is 79.9. The van der Waals surface area contributed by atoms with Crippen LogP contribution >= 0.6 is 15.9 Å². The molecule has 0 radical (unpaired) electrons. The number of rotatable bonds is 2. The number of fused-ring (bicyclic) bond motifs is 3. The van der Waals surface area contributed by atoms with Crippen molar-refractivity contribution in [2.24, 2.45) is 0 Å². The number of hydrogen-bond donors (Lipinski definition) is 2. The largest absolute Gasteiger partial charge is 0.444 e. The van der Waals surface area contributed by atoms with Gasteiger partial charge in [-0.3, -0.25) is 5.10 Å². The molecule has 0 aromatic carbocycles. The molecule has 4 rings (SSSR count). The van der Waals surface area contributed by atoms with Crippen LogP contribution in [0, 0.1) is 11.3 Å². The first-order chi connectivity index (χ1) is 13.2. The summed E-state index contributed by atoms with van der Waals surface area (Å²) in [6.07, 6.45) is 3.22. The van der Waals surface area contributed by atoms with Crippen molar-refractivity contribution in [3.63, 3.8) is 0 Å². The quantitative estimate of drug-likeness (QED) is 0.725. The molecule has 2 aromatic rings. The van der Waals surface area contributed by atoms with Crippen molar-refractivity contribution in [3.8, 4) is 6.07 Å². The Bertz CT molecular complexity index is 947. The summed E-state index contributed by atoms with van der Waals surface area (Å²) in [4.78, 5) is 23.4. The van der Waals surface area contributed by atoms with Crippen LogP contribution < -0.4 is 10.2 Å². The van der Waals surface area contributed by atoms with E-state index in [9.17, 15) is 10.1 Å². The van der Waals surface area contributed by atoms with Crippen molar-refractivity contribution in [2.45, 2.75) is 70.2 Å². The number of amides is 1. The molecule has 0 aliphatic carbocycles. The van der Waals surface area contributed by atoms with Crippen LogP contribution in [0.4, 0.5) is 10.7 Å². The van der Waals surface area contributed by atoms with Gasteiger partial charge in [0.15, 0.2) is 11.3 Å². The summed E-state index contributed by atoms with van der Waals surface area (Å²) in [5.74, 6) is 0.534. The van der Waals surface area contributed by atoms with Gasteiger partial charge in [0.25, 0.3) is 0 Å². The predicted octanol–water partition coefficient (Wildman–Crippen LogP) is 3.01. The van der Waals surface area contributed by atoms with Gasteiger partial charge in [-0.05, 0) is 62.4 Å². The molecule has 2 saturated heterocycles. The Morgan fingerprint density at radius 1 is 1.32 bits per heavy atom. The first kappa shape index (κ1) is 18.9. The predicted molar refractivity (Wildman–Crippen MR) is 106 cm³/mol. The Morgan fingerprint density at radius 3 is 2.61 bits per heavy atom. The molecule has 1 amide bonds. The number of aromatic amines is 1. The minimum atomic E-state index is -0.515. The van der Waals surface area contributed by atoms with Crippen LogP contribution in [0.25, 0.3) is 11.0 Å². The lowest BCUT2D eigenvalue weighted by Gasteiger charge is -2.39. The molecule has 9 nitrogen and oxygen atoms in total. The summed E-state index contributed by atoms with van der Waals surface area (Å²) in [6.45, 7) is 5.56. The van der Waals surface area contributed by atoms with E-state index in [0.717, 1.165) is 25.7 Å². The van der Waals surface area contributed by atoms with E-state index in [1.54, 1.807) is 0 Å². The molecule has 28 heavy (non-hydrogen) atoms. The second-order valence-electron chi connectivity index (χ2n) is 8.33. The number of carbonyl (C=O) groups excluding carboxylic acids is 1. The van der Waals surface area contributed by atoms with E-state index in [4.69, 9.17) is 4.74 Å². The lowest BCUT2D eigenvalue weighted by Crippen LogP contribution is -2.51. The highest BCUT2D eigenvalue weighted by Gasteiger charge is 2.43. The fraction of sp³-hybridized carbons (Fsp3) is 0.611. The van der Waals surface area contributed by atoms with Crippen molar-refractivity contribution in [3.05, 3.63) is 10.3 Å². The van der Waals surface area contributed by atoms with Crippen LogP contribution in [0.2, 0.25) is 0 Å². The molecule has 4 heterocycles. The van der Waals surface area contributed by atoms with Gasteiger partial charge in [0, 0.05) is 18.1 Å².